The molecule has 0 aliphatic rings. The maximum absolute atomic E-state index is 13.6. The van der Waals surface area contributed by atoms with Gasteiger partial charge in [-0.05, 0) is 31.2 Å². The average molecular weight is 268 g/mol. The maximum Gasteiger partial charge on any atom is 0.162 e. The van der Waals surface area contributed by atoms with E-state index in [0.29, 0.717) is 0 Å². The van der Waals surface area contributed by atoms with Crippen molar-refractivity contribution >= 4 is 0 Å². The van der Waals surface area contributed by atoms with Crippen LogP contribution in [-0.4, -0.2) is 5.11 Å². The summed E-state index contributed by atoms with van der Waals surface area (Å²) < 4.78 is 44.7. The minimum absolute atomic E-state index is 0.0198. The van der Waals surface area contributed by atoms with Crippen LogP contribution in [0.5, 0.6) is 11.5 Å². The van der Waals surface area contributed by atoms with Gasteiger partial charge in [0.05, 0.1) is 11.7 Å². The van der Waals surface area contributed by atoms with Crippen molar-refractivity contribution in [2.24, 2.45) is 0 Å². The summed E-state index contributed by atoms with van der Waals surface area (Å²) in [5.41, 5.74) is -0.0350. The molecule has 0 unspecified atom stereocenters. The summed E-state index contributed by atoms with van der Waals surface area (Å²) >= 11 is 0. The molecule has 5 heteroatoms. The Bertz CT molecular complexity index is 597. The summed E-state index contributed by atoms with van der Waals surface area (Å²) in [4.78, 5) is 0. The van der Waals surface area contributed by atoms with Crippen LogP contribution in [0.15, 0.2) is 36.4 Å². The standard InChI is InChI=1S/C14H11F3O2/c1-8(18)14-11(16)3-2-4-13(14)19-9-5-6-10(15)12(17)7-9/h2-8,18H,1H3/t8-/m1/s1. The number of hydrogen-bond donors (Lipinski definition) is 1. The first kappa shape index (κ1) is 13.4. The molecule has 2 nitrogen and oxygen atoms in total. The Morgan fingerprint density at radius 1 is 1.00 bits per heavy atom. The van der Waals surface area contributed by atoms with Crippen molar-refractivity contribution in [1.82, 2.24) is 0 Å². The number of benzene rings is 2. The summed E-state index contributed by atoms with van der Waals surface area (Å²) in [7, 11) is 0. The molecule has 0 amide bonds. The highest BCUT2D eigenvalue weighted by Crippen LogP contribution is 2.32. The van der Waals surface area contributed by atoms with Gasteiger partial charge < -0.3 is 9.84 Å². The van der Waals surface area contributed by atoms with Crippen LogP contribution in [0.3, 0.4) is 0 Å². The fourth-order valence-corrected chi connectivity index (χ4v) is 1.68. The summed E-state index contributed by atoms with van der Waals surface area (Å²) in [5, 5.41) is 9.51. The van der Waals surface area contributed by atoms with Crippen LogP contribution >= 0.6 is 0 Å². The number of hydrogen-bond acceptors (Lipinski definition) is 2. The molecule has 2 aromatic rings. The van der Waals surface area contributed by atoms with Gasteiger partial charge in [-0.1, -0.05) is 6.07 Å². The van der Waals surface area contributed by atoms with Crippen molar-refractivity contribution in [1.29, 1.82) is 0 Å². The van der Waals surface area contributed by atoms with E-state index in [1.165, 1.54) is 31.2 Å². The van der Waals surface area contributed by atoms with Crippen molar-refractivity contribution in [2.45, 2.75) is 13.0 Å². The Kier molecular flexibility index (Phi) is 3.76. The second-order valence-corrected chi connectivity index (χ2v) is 4.01. The van der Waals surface area contributed by atoms with E-state index in [-0.39, 0.29) is 17.1 Å². The third kappa shape index (κ3) is 2.88. The predicted octanol–water partition coefficient (Wildman–Crippen LogP) is 3.95. The van der Waals surface area contributed by atoms with E-state index < -0.39 is 23.6 Å². The van der Waals surface area contributed by atoms with Crippen LogP contribution in [0.4, 0.5) is 13.2 Å². The third-order valence-electron chi connectivity index (χ3n) is 2.55. The lowest BCUT2D eigenvalue weighted by Gasteiger charge is -2.14. The van der Waals surface area contributed by atoms with Gasteiger partial charge in [0.15, 0.2) is 11.6 Å². The SMILES string of the molecule is C[C@@H](O)c1c(F)cccc1Oc1ccc(F)c(F)c1. The van der Waals surface area contributed by atoms with Gasteiger partial charge in [-0.2, -0.15) is 0 Å². The van der Waals surface area contributed by atoms with Gasteiger partial charge in [0.1, 0.15) is 17.3 Å². The van der Waals surface area contributed by atoms with Crippen LogP contribution in [0.25, 0.3) is 0 Å². The predicted molar refractivity (Wildman–Crippen MR) is 63.5 cm³/mol. The van der Waals surface area contributed by atoms with Crippen molar-refractivity contribution in [3.8, 4) is 11.5 Å². The molecule has 0 aromatic heterocycles. The minimum Gasteiger partial charge on any atom is -0.457 e. The first-order valence-corrected chi connectivity index (χ1v) is 5.58. The Labute approximate surface area is 108 Å². The van der Waals surface area contributed by atoms with Gasteiger partial charge in [-0.15, -0.1) is 0 Å². The second-order valence-electron chi connectivity index (χ2n) is 4.01. The normalized spacial score (nSPS) is 12.3. The highest BCUT2D eigenvalue weighted by atomic mass is 19.2. The molecule has 1 N–H and O–H groups in total. The van der Waals surface area contributed by atoms with E-state index in [1.54, 1.807) is 0 Å². The fraction of sp³-hybridized carbons (Fsp3) is 0.143. The largest absolute Gasteiger partial charge is 0.457 e. The first-order valence-electron chi connectivity index (χ1n) is 5.58. The zero-order chi connectivity index (χ0) is 14.0. The van der Waals surface area contributed by atoms with E-state index in [4.69, 9.17) is 4.74 Å². The number of halogens is 3. The molecule has 0 radical (unpaired) electrons. The van der Waals surface area contributed by atoms with Crippen molar-refractivity contribution in [3.63, 3.8) is 0 Å². The summed E-state index contributed by atoms with van der Waals surface area (Å²) in [6.07, 6.45) is -1.08. The van der Waals surface area contributed by atoms with Crippen LogP contribution < -0.4 is 4.74 Å². The van der Waals surface area contributed by atoms with Crippen molar-refractivity contribution < 1.29 is 23.0 Å². The number of ether oxygens (including phenoxy) is 1. The molecular weight excluding hydrogens is 257 g/mol. The van der Waals surface area contributed by atoms with E-state index in [9.17, 15) is 18.3 Å². The topological polar surface area (TPSA) is 29.5 Å². The molecule has 0 aliphatic carbocycles. The molecule has 0 spiro atoms. The monoisotopic (exact) mass is 268 g/mol. The fourth-order valence-electron chi connectivity index (χ4n) is 1.68. The molecular formula is C14H11F3O2. The summed E-state index contributed by atoms with van der Waals surface area (Å²) in [5.74, 6) is -2.61. The Morgan fingerprint density at radius 2 is 1.74 bits per heavy atom. The number of rotatable bonds is 3. The molecule has 0 heterocycles. The van der Waals surface area contributed by atoms with Gasteiger partial charge in [-0.25, -0.2) is 13.2 Å². The zero-order valence-electron chi connectivity index (χ0n) is 10.0. The van der Waals surface area contributed by atoms with E-state index in [0.717, 1.165) is 12.1 Å². The van der Waals surface area contributed by atoms with Crippen molar-refractivity contribution in [3.05, 3.63) is 59.4 Å². The molecule has 2 aromatic carbocycles. The molecule has 0 fully saturated rings. The molecule has 0 aliphatic heterocycles. The first-order chi connectivity index (χ1) is 8.99. The van der Waals surface area contributed by atoms with Crippen LogP contribution in [0, 0.1) is 17.5 Å². The number of aliphatic hydroxyl groups excluding tert-OH is 1. The molecule has 2 rings (SSSR count). The van der Waals surface area contributed by atoms with Gasteiger partial charge >= 0.3 is 0 Å². The Morgan fingerprint density at radius 3 is 2.37 bits per heavy atom. The lowest BCUT2D eigenvalue weighted by Crippen LogP contribution is -2.00. The number of aliphatic hydroxyl groups is 1. The lowest BCUT2D eigenvalue weighted by atomic mass is 10.1. The molecule has 0 saturated carbocycles. The van der Waals surface area contributed by atoms with Gasteiger partial charge in [0, 0.05) is 6.07 Å². The van der Waals surface area contributed by atoms with Gasteiger partial charge in [0.25, 0.3) is 0 Å². The average Bonchev–Trinajstić information content (AvgIpc) is 2.33. The second kappa shape index (κ2) is 5.32. The minimum atomic E-state index is -1.08. The van der Waals surface area contributed by atoms with Crippen molar-refractivity contribution in [2.75, 3.05) is 0 Å². The van der Waals surface area contributed by atoms with E-state index >= 15 is 0 Å². The lowest BCUT2D eigenvalue weighted by molar-refractivity contribution is 0.190. The molecule has 1 atom stereocenters. The highest BCUT2D eigenvalue weighted by molar-refractivity contribution is 5.40. The molecule has 19 heavy (non-hydrogen) atoms. The smallest absolute Gasteiger partial charge is 0.162 e. The van der Waals surface area contributed by atoms with Gasteiger partial charge in [0.2, 0.25) is 0 Å². The van der Waals surface area contributed by atoms with Crippen LogP contribution in [0.2, 0.25) is 0 Å². The third-order valence-corrected chi connectivity index (χ3v) is 2.55. The van der Waals surface area contributed by atoms with E-state index in [1.807, 2.05) is 0 Å². The highest BCUT2D eigenvalue weighted by Gasteiger charge is 2.15. The molecule has 0 saturated heterocycles. The molecule has 100 valence electrons. The zero-order valence-corrected chi connectivity index (χ0v) is 10.0. The quantitative estimate of drug-likeness (QED) is 0.913. The summed E-state index contributed by atoms with van der Waals surface area (Å²) in [6, 6.07) is 7.00. The summed E-state index contributed by atoms with van der Waals surface area (Å²) in [6.45, 7) is 1.39. The molecule has 0 bridgehead atoms. The van der Waals surface area contributed by atoms with Crippen LogP contribution in [-0.2, 0) is 0 Å². The Hall–Kier alpha value is -2.01. The Balaban J connectivity index is 2.38. The maximum atomic E-state index is 13.6. The van der Waals surface area contributed by atoms with Crippen LogP contribution in [0.1, 0.15) is 18.6 Å². The van der Waals surface area contributed by atoms with E-state index in [2.05, 4.69) is 0 Å². The van der Waals surface area contributed by atoms with Gasteiger partial charge in [-0.3, -0.25) is 0 Å².